The van der Waals surface area contributed by atoms with E-state index >= 15 is 0 Å². The van der Waals surface area contributed by atoms with Crippen molar-refractivity contribution >= 4 is 17.5 Å². The molecule has 1 aromatic rings. The van der Waals surface area contributed by atoms with Crippen LogP contribution in [-0.4, -0.2) is 29.6 Å². The minimum atomic E-state index is 0.0320. The first kappa shape index (κ1) is 17.5. The number of aliphatic hydroxyl groups is 1. The Labute approximate surface area is 137 Å². The van der Waals surface area contributed by atoms with Gasteiger partial charge in [0.15, 0.2) is 0 Å². The first-order valence-corrected chi connectivity index (χ1v) is 8.31. The number of hydrogen-bond donors (Lipinski definition) is 3. The number of rotatable bonds is 8. The third-order valence-electron chi connectivity index (χ3n) is 4.26. The summed E-state index contributed by atoms with van der Waals surface area (Å²) in [7, 11) is 0. The molecule has 1 aliphatic rings. The zero-order chi connectivity index (χ0) is 16.8. The summed E-state index contributed by atoms with van der Waals surface area (Å²) in [5.41, 5.74) is 3.10. The number of amides is 2. The van der Waals surface area contributed by atoms with Gasteiger partial charge in [-0.05, 0) is 42.4 Å². The Kier molecular flexibility index (Phi) is 6.16. The fourth-order valence-electron chi connectivity index (χ4n) is 2.88. The average molecular weight is 318 g/mol. The fraction of sp³-hybridized carbons (Fsp3) is 0.556. The lowest BCUT2D eigenvalue weighted by Gasteiger charge is -2.21. The maximum absolute atomic E-state index is 12.0. The molecule has 1 aromatic carbocycles. The van der Waals surface area contributed by atoms with E-state index in [2.05, 4.69) is 10.6 Å². The Morgan fingerprint density at radius 1 is 1.39 bits per heavy atom. The van der Waals surface area contributed by atoms with Crippen molar-refractivity contribution in [3.05, 3.63) is 29.3 Å². The molecule has 2 rings (SSSR count). The highest BCUT2D eigenvalue weighted by Crippen LogP contribution is 2.24. The molecule has 0 fully saturated rings. The molecule has 1 unspecified atom stereocenters. The van der Waals surface area contributed by atoms with Crippen LogP contribution in [0, 0.1) is 5.92 Å². The Morgan fingerprint density at radius 2 is 2.17 bits per heavy atom. The monoisotopic (exact) mass is 318 g/mol. The lowest BCUT2D eigenvalue weighted by atomic mass is 10.0. The van der Waals surface area contributed by atoms with Gasteiger partial charge >= 0.3 is 0 Å². The van der Waals surface area contributed by atoms with E-state index in [0.29, 0.717) is 25.2 Å². The van der Waals surface area contributed by atoms with E-state index in [0.717, 1.165) is 29.7 Å². The van der Waals surface area contributed by atoms with Gasteiger partial charge in [0.1, 0.15) is 0 Å². The van der Waals surface area contributed by atoms with E-state index in [9.17, 15) is 9.59 Å². The molecule has 5 nitrogen and oxygen atoms in total. The standard InChI is InChI=1S/C18H26N2O3/c1-12(2)15(8-9-21)19-17(22)5-3-4-13-6-7-16-14(10-13)11-18(23)20-16/h6-7,10,12,15,21H,3-5,8-9,11H2,1-2H3,(H,19,22)(H,20,23). The fourth-order valence-corrected chi connectivity index (χ4v) is 2.88. The molecular formula is C18H26N2O3. The highest BCUT2D eigenvalue weighted by Gasteiger charge is 2.18. The molecule has 3 N–H and O–H groups in total. The highest BCUT2D eigenvalue weighted by atomic mass is 16.3. The second kappa shape index (κ2) is 8.11. The van der Waals surface area contributed by atoms with E-state index in [1.54, 1.807) is 0 Å². The van der Waals surface area contributed by atoms with Gasteiger partial charge in [0.2, 0.25) is 11.8 Å². The maximum atomic E-state index is 12.0. The summed E-state index contributed by atoms with van der Waals surface area (Å²) in [6.45, 7) is 4.17. The number of anilines is 1. The Hall–Kier alpha value is -1.88. The summed E-state index contributed by atoms with van der Waals surface area (Å²) < 4.78 is 0. The van der Waals surface area contributed by atoms with Crippen LogP contribution in [0.1, 0.15) is 44.2 Å². The number of aryl methyl sites for hydroxylation is 1. The SMILES string of the molecule is CC(C)C(CCO)NC(=O)CCCc1ccc2c(c1)CC(=O)N2. The Balaban J connectivity index is 1.77. The zero-order valence-electron chi connectivity index (χ0n) is 13.9. The van der Waals surface area contributed by atoms with Crippen LogP contribution >= 0.6 is 0 Å². The van der Waals surface area contributed by atoms with Crippen molar-refractivity contribution in [3.63, 3.8) is 0 Å². The summed E-state index contributed by atoms with van der Waals surface area (Å²) in [6.07, 6.45) is 3.11. The summed E-state index contributed by atoms with van der Waals surface area (Å²) in [6, 6.07) is 6.02. The zero-order valence-corrected chi connectivity index (χ0v) is 13.9. The van der Waals surface area contributed by atoms with Crippen LogP contribution in [-0.2, 0) is 22.4 Å². The van der Waals surface area contributed by atoms with E-state index in [4.69, 9.17) is 5.11 Å². The van der Waals surface area contributed by atoms with E-state index in [-0.39, 0.29) is 24.5 Å². The van der Waals surface area contributed by atoms with Gasteiger partial charge < -0.3 is 15.7 Å². The predicted octanol–water partition coefficient (Wildman–Crippen LogP) is 2.03. The number of nitrogens with one attached hydrogen (secondary N) is 2. The molecule has 5 heteroatoms. The summed E-state index contributed by atoms with van der Waals surface area (Å²) in [5.74, 6) is 0.392. The number of carbonyl (C=O) groups excluding carboxylic acids is 2. The van der Waals surface area contributed by atoms with E-state index in [1.165, 1.54) is 0 Å². The van der Waals surface area contributed by atoms with E-state index < -0.39 is 0 Å². The molecule has 0 bridgehead atoms. The second-order valence-electron chi connectivity index (χ2n) is 6.50. The van der Waals surface area contributed by atoms with Crippen LogP contribution in [0.15, 0.2) is 18.2 Å². The van der Waals surface area contributed by atoms with Gasteiger partial charge in [0, 0.05) is 24.8 Å². The van der Waals surface area contributed by atoms with Gasteiger partial charge in [0.25, 0.3) is 0 Å². The normalized spacial score (nSPS) is 14.5. The van der Waals surface area contributed by atoms with Crippen LogP contribution in [0.4, 0.5) is 5.69 Å². The van der Waals surface area contributed by atoms with Gasteiger partial charge in [-0.2, -0.15) is 0 Å². The molecule has 0 radical (unpaired) electrons. The van der Waals surface area contributed by atoms with Crippen molar-refractivity contribution < 1.29 is 14.7 Å². The van der Waals surface area contributed by atoms with Crippen molar-refractivity contribution in [3.8, 4) is 0 Å². The molecule has 0 saturated heterocycles. The third-order valence-corrected chi connectivity index (χ3v) is 4.26. The van der Waals surface area contributed by atoms with Gasteiger partial charge in [-0.15, -0.1) is 0 Å². The second-order valence-corrected chi connectivity index (χ2v) is 6.50. The first-order chi connectivity index (χ1) is 11.0. The molecule has 2 amide bonds. The number of fused-ring (bicyclic) bond motifs is 1. The van der Waals surface area contributed by atoms with Gasteiger partial charge in [-0.3, -0.25) is 9.59 Å². The highest BCUT2D eigenvalue weighted by molar-refractivity contribution is 5.99. The molecule has 126 valence electrons. The van der Waals surface area contributed by atoms with Gasteiger partial charge in [0.05, 0.1) is 6.42 Å². The van der Waals surface area contributed by atoms with Crippen LogP contribution < -0.4 is 10.6 Å². The minimum absolute atomic E-state index is 0.0320. The minimum Gasteiger partial charge on any atom is -0.396 e. The van der Waals surface area contributed by atoms with Crippen molar-refractivity contribution in [2.24, 2.45) is 5.92 Å². The number of carbonyl (C=O) groups is 2. The van der Waals surface area contributed by atoms with E-state index in [1.807, 2.05) is 32.0 Å². The van der Waals surface area contributed by atoms with Crippen molar-refractivity contribution in [1.29, 1.82) is 0 Å². The van der Waals surface area contributed by atoms with Crippen molar-refractivity contribution in [1.82, 2.24) is 5.32 Å². The van der Waals surface area contributed by atoms with Crippen LogP contribution in [0.25, 0.3) is 0 Å². The van der Waals surface area contributed by atoms with Crippen LogP contribution in [0.3, 0.4) is 0 Å². The van der Waals surface area contributed by atoms with Crippen molar-refractivity contribution in [2.45, 2.75) is 52.0 Å². The molecule has 23 heavy (non-hydrogen) atoms. The number of hydrogen-bond acceptors (Lipinski definition) is 3. The van der Waals surface area contributed by atoms with Gasteiger partial charge in [-0.25, -0.2) is 0 Å². The van der Waals surface area contributed by atoms with Crippen LogP contribution in [0.2, 0.25) is 0 Å². The summed E-state index contributed by atoms with van der Waals surface area (Å²) in [5, 5.41) is 14.9. The molecule has 1 aliphatic heterocycles. The largest absolute Gasteiger partial charge is 0.396 e. The molecule has 0 saturated carbocycles. The Morgan fingerprint density at radius 3 is 2.87 bits per heavy atom. The lowest BCUT2D eigenvalue weighted by Crippen LogP contribution is -2.39. The van der Waals surface area contributed by atoms with Crippen molar-refractivity contribution in [2.75, 3.05) is 11.9 Å². The van der Waals surface area contributed by atoms with Gasteiger partial charge in [-0.1, -0.05) is 26.0 Å². The number of aliphatic hydroxyl groups excluding tert-OH is 1. The molecular weight excluding hydrogens is 292 g/mol. The topological polar surface area (TPSA) is 78.4 Å². The molecule has 0 spiro atoms. The van der Waals surface area contributed by atoms with Crippen LogP contribution in [0.5, 0.6) is 0 Å². The molecule has 1 heterocycles. The Bertz CT molecular complexity index is 569. The smallest absolute Gasteiger partial charge is 0.228 e. The summed E-state index contributed by atoms with van der Waals surface area (Å²) >= 11 is 0. The quantitative estimate of drug-likeness (QED) is 0.686. The lowest BCUT2D eigenvalue weighted by molar-refractivity contribution is -0.122. The average Bonchev–Trinajstić information content (AvgIpc) is 2.86. The first-order valence-electron chi connectivity index (χ1n) is 8.31. The maximum Gasteiger partial charge on any atom is 0.228 e. The molecule has 1 atom stereocenters. The third kappa shape index (κ3) is 5.06. The molecule has 0 aromatic heterocycles. The predicted molar refractivity (Wildman–Crippen MR) is 90.2 cm³/mol. The summed E-state index contributed by atoms with van der Waals surface area (Å²) in [4.78, 5) is 23.3. The number of benzene rings is 1. The molecule has 0 aliphatic carbocycles.